The smallest absolute Gasteiger partial charge is 0.323 e. The van der Waals surface area contributed by atoms with Gasteiger partial charge in [0.05, 0.1) is 0 Å². The number of carbonyl (C=O) groups excluding carboxylic acids is 1. The van der Waals surface area contributed by atoms with Gasteiger partial charge in [0.1, 0.15) is 6.54 Å². The highest BCUT2D eigenvalue weighted by Gasteiger charge is 2.14. The average Bonchev–Trinajstić information content (AvgIpc) is 3.10. The van der Waals surface area contributed by atoms with Gasteiger partial charge in [-0.2, -0.15) is 0 Å². The van der Waals surface area contributed by atoms with Gasteiger partial charge in [-0.15, -0.1) is 0 Å². The van der Waals surface area contributed by atoms with Crippen LogP contribution in [0.25, 0.3) is 22.2 Å². The second kappa shape index (κ2) is 8.48. The topological polar surface area (TPSA) is 96.2 Å². The lowest BCUT2D eigenvalue weighted by Gasteiger charge is -2.10. The molecule has 0 aliphatic carbocycles. The van der Waals surface area contributed by atoms with Crippen LogP contribution >= 0.6 is 0 Å². The summed E-state index contributed by atoms with van der Waals surface area (Å²) in [5.74, 6) is -0.914. The average molecular weight is 400 g/mol. The molecule has 0 fully saturated rings. The fourth-order valence-electron chi connectivity index (χ4n) is 3.36. The summed E-state index contributed by atoms with van der Waals surface area (Å²) < 4.78 is 1.76. The molecule has 3 N–H and O–H groups in total. The minimum absolute atomic E-state index is 0.146. The van der Waals surface area contributed by atoms with Gasteiger partial charge in [-0.05, 0) is 47.5 Å². The van der Waals surface area contributed by atoms with Crippen LogP contribution in [0.2, 0.25) is 0 Å². The van der Waals surface area contributed by atoms with Gasteiger partial charge in [-0.3, -0.25) is 9.78 Å². The van der Waals surface area contributed by atoms with Gasteiger partial charge in [-0.25, -0.2) is 4.79 Å². The van der Waals surface area contributed by atoms with E-state index in [0.29, 0.717) is 12.2 Å². The molecule has 0 saturated heterocycles. The number of urea groups is 1. The third-order valence-electron chi connectivity index (χ3n) is 4.72. The van der Waals surface area contributed by atoms with E-state index in [4.69, 9.17) is 0 Å². The number of pyridine rings is 1. The fourth-order valence-corrected chi connectivity index (χ4v) is 3.36. The summed E-state index contributed by atoms with van der Waals surface area (Å²) in [6, 6.07) is 20.3. The number of anilines is 1. The van der Waals surface area contributed by atoms with Crippen LogP contribution in [0.1, 0.15) is 5.56 Å². The SMILES string of the molecule is O=C(O)Cn1c(-c2ccccc2)cc2cc(NC(=O)NCc3ccncc3)ccc21. The summed E-state index contributed by atoms with van der Waals surface area (Å²) in [5.41, 5.74) is 4.11. The molecule has 4 aromatic rings. The molecule has 0 bridgehead atoms. The van der Waals surface area contributed by atoms with Crippen molar-refractivity contribution < 1.29 is 14.7 Å². The number of carboxylic acid groups (broad SMARTS) is 1. The largest absolute Gasteiger partial charge is 0.480 e. The molecule has 0 unspecified atom stereocenters. The zero-order valence-corrected chi connectivity index (χ0v) is 16.1. The molecule has 2 amide bonds. The summed E-state index contributed by atoms with van der Waals surface area (Å²) in [5, 5.41) is 15.8. The minimum atomic E-state index is -0.914. The second-order valence-corrected chi connectivity index (χ2v) is 6.81. The molecule has 2 heterocycles. The van der Waals surface area contributed by atoms with Crippen molar-refractivity contribution in [2.24, 2.45) is 0 Å². The molecule has 2 aromatic carbocycles. The number of carbonyl (C=O) groups is 2. The van der Waals surface area contributed by atoms with Crippen LogP contribution in [0.15, 0.2) is 79.1 Å². The zero-order chi connectivity index (χ0) is 20.9. The predicted octanol–water partition coefficient (Wildman–Crippen LogP) is 4.11. The van der Waals surface area contributed by atoms with E-state index in [2.05, 4.69) is 15.6 Å². The summed E-state index contributed by atoms with van der Waals surface area (Å²) in [7, 11) is 0. The molecular weight excluding hydrogens is 380 g/mol. The van der Waals surface area contributed by atoms with Crippen LogP contribution in [0.5, 0.6) is 0 Å². The lowest BCUT2D eigenvalue weighted by atomic mass is 10.1. The molecule has 0 atom stereocenters. The first kappa shape index (κ1) is 19.2. The molecule has 0 saturated carbocycles. The van der Waals surface area contributed by atoms with E-state index in [9.17, 15) is 14.7 Å². The van der Waals surface area contributed by atoms with E-state index in [1.165, 1.54) is 0 Å². The Morgan fingerprint density at radius 1 is 0.967 bits per heavy atom. The van der Waals surface area contributed by atoms with Gasteiger partial charge < -0.3 is 20.3 Å². The highest BCUT2D eigenvalue weighted by molar-refractivity contribution is 5.95. The minimum Gasteiger partial charge on any atom is -0.480 e. The Bertz CT molecular complexity index is 1190. The highest BCUT2D eigenvalue weighted by Crippen LogP contribution is 2.30. The van der Waals surface area contributed by atoms with Gasteiger partial charge >= 0.3 is 12.0 Å². The molecule has 7 heteroatoms. The molecule has 2 aromatic heterocycles. The first-order chi connectivity index (χ1) is 14.6. The Hall–Kier alpha value is -4.13. The van der Waals surface area contributed by atoms with Crippen LogP contribution in [0.3, 0.4) is 0 Å². The molecule has 150 valence electrons. The molecule has 0 radical (unpaired) electrons. The summed E-state index contributed by atoms with van der Waals surface area (Å²) in [4.78, 5) is 27.6. The number of hydrogen-bond donors (Lipinski definition) is 3. The van der Waals surface area contributed by atoms with E-state index in [1.54, 1.807) is 23.0 Å². The Morgan fingerprint density at radius 3 is 2.47 bits per heavy atom. The van der Waals surface area contributed by atoms with E-state index in [0.717, 1.165) is 27.7 Å². The van der Waals surface area contributed by atoms with Crippen molar-refractivity contribution in [3.63, 3.8) is 0 Å². The van der Waals surface area contributed by atoms with Gasteiger partial charge in [0.15, 0.2) is 0 Å². The monoisotopic (exact) mass is 400 g/mol. The lowest BCUT2D eigenvalue weighted by molar-refractivity contribution is -0.137. The maximum Gasteiger partial charge on any atom is 0.323 e. The first-order valence-corrected chi connectivity index (χ1v) is 9.44. The Labute approximate surface area is 173 Å². The number of carboxylic acids is 1. The molecule has 0 aliphatic rings. The second-order valence-electron chi connectivity index (χ2n) is 6.81. The van der Waals surface area contributed by atoms with Crippen molar-refractivity contribution in [3.05, 3.63) is 84.7 Å². The predicted molar refractivity (Wildman–Crippen MR) is 115 cm³/mol. The van der Waals surface area contributed by atoms with Gasteiger partial charge in [0.25, 0.3) is 0 Å². The van der Waals surface area contributed by atoms with E-state index in [1.807, 2.05) is 60.7 Å². The number of aromatic nitrogens is 2. The van der Waals surface area contributed by atoms with Crippen LogP contribution in [0.4, 0.5) is 10.5 Å². The zero-order valence-electron chi connectivity index (χ0n) is 16.1. The molecule has 4 rings (SSSR count). The number of aliphatic carboxylic acids is 1. The summed E-state index contributed by atoms with van der Waals surface area (Å²) >= 11 is 0. The molecule has 7 nitrogen and oxygen atoms in total. The number of nitrogens with one attached hydrogen (secondary N) is 2. The quantitative estimate of drug-likeness (QED) is 0.454. The maximum absolute atomic E-state index is 12.2. The van der Waals surface area contributed by atoms with Crippen LogP contribution < -0.4 is 10.6 Å². The Kier molecular flexibility index (Phi) is 5.43. The number of rotatable bonds is 6. The van der Waals surface area contributed by atoms with Crippen LogP contribution in [-0.4, -0.2) is 26.7 Å². The maximum atomic E-state index is 12.2. The third-order valence-corrected chi connectivity index (χ3v) is 4.72. The first-order valence-electron chi connectivity index (χ1n) is 9.44. The van der Waals surface area contributed by atoms with Crippen molar-refractivity contribution >= 4 is 28.6 Å². The molecule has 0 spiro atoms. The molecule has 30 heavy (non-hydrogen) atoms. The number of nitrogens with zero attached hydrogens (tertiary/aromatic N) is 2. The van der Waals surface area contributed by atoms with Crippen molar-refractivity contribution in [1.82, 2.24) is 14.9 Å². The normalized spacial score (nSPS) is 10.7. The van der Waals surface area contributed by atoms with Crippen LogP contribution in [-0.2, 0) is 17.9 Å². The summed E-state index contributed by atoms with van der Waals surface area (Å²) in [6.07, 6.45) is 3.35. The lowest BCUT2D eigenvalue weighted by Crippen LogP contribution is -2.28. The Balaban J connectivity index is 1.57. The number of amides is 2. The number of benzene rings is 2. The van der Waals surface area contributed by atoms with Gasteiger partial charge in [0, 0.05) is 41.2 Å². The van der Waals surface area contributed by atoms with Crippen molar-refractivity contribution in [3.8, 4) is 11.3 Å². The summed E-state index contributed by atoms with van der Waals surface area (Å²) in [6.45, 7) is 0.247. The van der Waals surface area contributed by atoms with E-state index in [-0.39, 0.29) is 12.6 Å². The van der Waals surface area contributed by atoms with Crippen molar-refractivity contribution in [2.45, 2.75) is 13.1 Å². The van der Waals surface area contributed by atoms with Crippen LogP contribution in [0, 0.1) is 0 Å². The van der Waals surface area contributed by atoms with Crippen molar-refractivity contribution in [1.29, 1.82) is 0 Å². The third kappa shape index (κ3) is 4.30. The fraction of sp³-hybridized carbons (Fsp3) is 0.0870. The van der Waals surface area contributed by atoms with E-state index >= 15 is 0 Å². The Morgan fingerprint density at radius 2 is 1.73 bits per heavy atom. The number of hydrogen-bond acceptors (Lipinski definition) is 3. The molecule has 0 aliphatic heterocycles. The van der Waals surface area contributed by atoms with Crippen molar-refractivity contribution in [2.75, 3.05) is 5.32 Å². The molecular formula is C23H20N4O3. The van der Waals surface area contributed by atoms with E-state index < -0.39 is 5.97 Å². The van der Waals surface area contributed by atoms with Gasteiger partial charge in [0.2, 0.25) is 0 Å². The standard InChI is InChI=1S/C23H20N4O3/c28-22(29)15-27-20-7-6-19(26-23(30)25-14-16-8-10-24-11-9-16)12-18(20)13-21(27)17-4-2-1-3-5-17/h1-13H,14-15H2,(H,28,29)(H2,25,26,30). The highest BCUT2D eigenvalue weighted by atomic mass is 16.4. The van der Waals surface area contributed by atoms with Gasteiger partial charge in [-0.1, -0.05) is 30.3 Å². The number of fused-ring (bicyclic) bond motifs is 1.